The van der Waals surface area contributed by atoms with Crippen LogP contribution in [0.25, 0.3) is 0 Å². The summed E-state index contributed by atoms with van der Waals surface area (Å²) >= 11 is -4.42. The molecule has 0 aromatic heterocycles. The molecule has 0 radical (unpaired) electrons. The molecule has 0 amide bonds. The molecule has 0 spiro atoms. The molecule has 4 rings (SSSR count). The third-order valence-electron chi connectivity index (χ3n) is 6.06. The van der Waals surface area contributed by atoms with Gasteiger partial charge in [0.1, 0.15) is 0 Å². The van der Waals surface area contributed by atoms with Gasteiger partial charge in [0, 0.05) is 0 Å². The van der Waals surface area contributed by atoms with Crippen LogP contribution in [0.1, 0.15) is 0 Å². The normalized spacial score (nSPS) is 12.9. The molecular formula is C28H25Zr. The predicted molar refractivity (Wildman–Crippen MR) is 124 cm³/mol. The molecule has 4 aromatic carbocycles. The summed E-state index contributed by atoms with van der Waals surface area (Å²) in [6, 6.07) is 44.2. The minimum atomic E-state index is -4.42. The van der Waals surface area contributed by atoms with Crippen molar-refractivity contribution in [1.82, 2.24) is 0 Å². The first kappa shape index (κ1) is 19.6. The van der Waals surface area contributed by atoms with Crippen LogP contribution in [0, 0.1) is 0 Å². The summed E-state index contributed by atoms with van der Waals surface area (Å²) in [4.78, 5) is 0. The Kier molecular flexibility index (Phi) is 5.61. The van der Waals surface area contributed by atoms with Crippen LogP contribution in [-0.2, 0) is 18.8 Å². The Morgan fingerprint density at radius 3 is 0.966 bits per heavy atom. The fourth-order valence-electron chi connectivity index (χ4n) is 4.78. The second-order valence-electron chi connectivity index (χ2n) is 7.39. The molecule has 0 unspecified atom stereocenters. The van der Waals surface area contributed by atoms with E-state index in [-0.39, 0.29) is 0 Å². The molecule has 0 aliphatic heterocycles. The predicted octanol–water partition coefficient (Wildman–Crippen LogP) is 4.68. The SMILES string of the molecule is C=CC=[CH][Zr]([c]1ccccc1)([c]1ccccc1)([c]1ccccc1)[c]1ccccc1. The third-order valence-corrected chi connectivity index (χ3v) is 23.2. The van der Waals surface area contributed by atoms with Gasteiger partial charge < -0.3 is 0 Å². The van der Waals surface area contributed by atoms with E-state index in [9.17, 15) is 0 Å². The topological polar surface area (TPSA) is 0 Å². The van der Waals surface area contributed by atoms with Crippen molar-refractivity contribution in [2.75, 3.05) is 0 Å². The Balaban J connectivity index is 2.33. The van der Waals surface area contributed by atoms with Gasteiger partial charge in [-0.25, -0.2) is 0 Å². The molecule has 0 saturated carbocycles. The summed E-state index contributed by atoms with van der Waals surface area (Å²) in [5.74, 6) is 0. The zero-order valence-corrected chi connectivity index (χ0v) is 18.9. The van der Waals surface area contributed by atoms with E-state index in [1.54, 1.807) is 0 Å². The standard InChI is InChI=1S/4C6H5.C4H5.Zr/c4*1-2-4-6-5-3-1;1-3-4-2;/h4*1-5H;1,3-4H,2H2;. The molecular weight excluding hydrogens is 428 g/mol. The second kappa shape index (κ2) is 8.31. The van der Waals surface area contributed by atoms with Crippen LogP contribution < -0.4 is 13.1 Å². The molecule has 0 aliphatic carbocycles. The summed E-state index contributed by atoms with van der Waals surface area (Å²) in [5.41, 5.74) is 0. The second-order valence-corrected chi connectivity index (χ2v) is 20.4. The summed E-state index contributed by atoms with van der Waals surface area (Å²) in [6.07, 6.45) is 4.07. The van der Waals surface area contributed by atoms with Crippen molar-refractivity contribution in [2.24, 2.45) is 0 Å². The number of benzene rings is 4. The zero-order valence-electron chi connectivity index (χ0n) is 16.5. The van der Waals surface area contributed by atoms with Gasteiger partial charge in [-0.2, -0.15) is 0 Å². The van der Waals surface area contributed by atoms with Crippen LogP contribution in [-0.4, -0.2) is 0 Å². The average molecular weight is 453 g/mol. The first-order valence-electron chi connectivity index (χ1n) is 10.0. The van der Waals surface area contributed by atoms with E-state index in [0.29, 0.717) is 0 Å². The number of hydrogen-bond donors (Lipinski definition) is 0. The maximum absolute atomic E-state index is 4.42. The van der Waals surface area contributed by atoms with E-state index in [1.807, 2.05) is 6.08 Å². The fraction of sp³-hybridized carbons (Fsp3) is 0. The van der Waals surface area contributed by atoms with Gasteiger partial charge in [-0.1, -0.05) is 0 Å². The van der Waals surface area contributed by atoms with Crippen LogP contribution in [0.3, 0.4) is 0 Å². The van der Waals surface area contributed by atoms with Gasteiger partial charge in [0.2, 0.25) is 0 Å². The van der Waals surface area contributed by atoms with Crippen LogP contribution >= 0.6 is 0 Å². The van der Waals surface area contributed by atoms with Crippen molar-refractivity contribution in [3.63, 3.8) is 0 Å². The van der Waals surface area contributed by atoms with Gasteiger partial charge >= 0.3 is 176 Å². The van der Waals surface area contributed by atoms with Gasteiger partial charge in [-0.15, -0.1) is 0 Å². The quantitative estimate of drug-likeness (QED) is 0.373. The van der Waals surface area contributed by atoms with Crippen LogP contribution in [0.4, 0.5) is 0 Å². The van der Waals surface area contributed by atoms with Crippen molar-refractivity contribution < 1.29 is 18.8 Å². The van der Waals surface area contributed by atoms with E-state index in [1.165, 1.54) is 13.1 Å². The Hall–Kier alpha value is -2.76. The Bertz CT molecular complexity index is 929. The van der Waals surface area contributed by atoms with Crippen molar-refractivity contribution in [3.05, 3.63) is 144 Å². The molecule has 0 aliphatic rings. The van der Waals surface area contributed by atoms with E-state index in [4.69, 9.17) is 0 Å². The van der Waals surface area contributed by atoms with Crippen LogP contribution in [0.2, 0.25) is 0 Å². The first-order valence-corrected chi connectivity index (χ1v) is 16.3. The Labute approximate surface area is 175 Å². The monoisotopic (exact) mass is 451 g/mol. The molecule has 0 atom stereocenters. The van der Waals surface area contributed by atoms with Gasteiger partial charge in [0.25, 0.3) is 0 Å². The van der Waals surface area contributed by atoms with Gasteiger partial charge in [-0.3, -0.25) is 0 Å². The molecule has 0 heterocycles. The van der Waals surface area contributed by atoms with E-state index in [2.05, 4.69) is 138 Å². The van der Waals surface area contributed by atoms with Crippen molar-refractivity contribution >= 4 is 13.1 Å². The van der Waals surface area contributed by atoms with E-state index in [0.717, 1.165) is 0 Å². The number of rotatable bonds is 6. The van der Waals surface area contributed by atoms with E-state index >= 15 is 0 Å². The molecule has 0 saturated heterocycles. The van der Waals surface area contributed by atoms with Crippen LogP contribution in [0.15, 0.2) is 144 Å². The summed E-state index contributed by atoms with van der Waals surface area (Å²) in [6.45, 7) is 4.02. The molecule has 0 fully saturated rings. The summed E-state index contributed by atoms with van der Waals surface area (Å²) < 4.78 is 8.10. The number of hydrogen-bond acceptors (Lipinski definition) is 0. The maximum atomic E-state index is 4.02. The molecule has 0 nitrogen and oxygen atoms in total. The van der Waals surface area contributed by atoms with E-state index < -0.39 is 18.8 Å². The minimum absolute atomic E-state index is 1.40. The Morgan fingerprint density at radius 1 is 0.448 bits per heavy atom. The van der Waals surface area contributed by atoms with Gasteiger partial charge in [-0.05, 0) is 0 Å². The Morgan fingerprint density at radius 2 is 0.724 bits per heavy atom. The number of allylic oxidation sites excluding steroid dienone is 2. The summed E-state index contributed by atoms with van der Waals surface area (Å²) in [5, 5.41) is 0. The van der Waals surface area contributed by atoms with Crippen molar-refractivity contribution in [2.45, 2.75) is 0 Å². The van der Waals surface area contributed by atoms with Crippen LogP contribution in [0.5, 0.6) is 0 Å². The van der Waals surface area contributed by atoms with Gasteiger partial charge in [0.05, 0.1) is 0 Å². The molecule has 29 heavy (non-hydrogen) atoms. The molecule has 4 aromatic rings. The summed E-state index contributed by atoms with van der Waals surface area (Å²) in [7, 11) is 0. The molecule has 141 valence electrons. The molecule has 0 bridgehead atoms. The molecule has 0 N–H and O–H groups in total. The van der Waals surface area contributed by atoms with Crippen molar-refractivity contribution in [1.29, 1.82) is 0 Å². The fourth-order valence-corrected chi connectivity index (χ4v) is 21.6. The third kappa shape index (κ3) is 3.02. The van der Waals surface area contributed by atoms with Crippen molar-refractivity contribution in [3.8, 4) is 0 Å². The molecule has 1 heteroatoms. The first-order chi connectivity index (χ1) is 14.3. The zero-order chi connectivity index (χ0) is 20.0. The van der Waals surface area contributed by atoms with Gasteiger partial charge in [0.15, 0.2) is 0 Å². The average Bonchev–Trinajstić information content (AvgIpc) is 2.83.